The second kappa shape index (κ2) is 6.57. The Bertz CT molecular complexity index is 411. The fourth-order valence-corrected chi connectivity index (χ4v) is 2.25. The zero-order chi connectivity index (χ0) is 13.7. The fourth-order valence-electron chi connectivity index (χ4n) is 2.25. The molecule has 0 spiro atoms. The van der Waals surface area contributed by atoms with Crippen LogP contribution in [0.5, 0.6) is 5.75 Å². The van der Waals surface area contributed by atoms with Crippen LogP contribution in [0.1, 0.15) is 12.0 Å². The zero-order valence-electron chi connectivity index (χ0n) is 11.7. The van der Waals surface area contributed by atoms with Gasteiger partial charge in [0.1, 0.15) is 5.75 Å². The molecule has 4 heteroatoms. The van der Waals surface area contributed by atoms with Crippen LogP contribution in [0.3, 0.4) is 0 Å². The Kier molecular flexibility index (Phi) is 4.80. The van der Waals surface area contributed by atoms with Crippen LogP contribution in [-0.2, 0) is 4.79 Å². The van der Waals surface area contributed by atoms with Crippen LogP contribution in [0.15, 0.2) is 24.3 Å². The summed E-state index contributed by atoms with van der Waals surface area (Å²) in [7, 11) is 1.85. The van der Waals surface area contributed by atoms with Crippen molar-refractivity contribution in [1.82, 2.24) is 10.2 Å². The fraction of sp³-hybridized carbons (Fsp3) is 0.533. The predicted molar refractivity (Wildman–Crippen MR) is 75.3 cm³/mol. The van der Waals surface area contributed by atoms with Crippen molar-refractivity contribution in [2.24, 2.45) is 5.92 Å². The van der Waals surface area contributed by atoms with Crippen molar-refractivity contribution in [1.29, 1.82) is 0 Å². The van der Waals surface area contributed by atoms with Crippen molar-refractivity contribution in [2.75, 3.05) is 33.3 Å². The lowest BCUT2D eigenvalue weighted by Gasteiger charge is -2.20. The molecule has 0 bridgehead atoms. The summed E-state index contributed by atoms with van der Waals surface area (Å²) < 4.78 is 5.50. The van der Waals surface area contributed by atoms with E-state index in [0.29, 0.717) is 5.92 Å². The second-order valence-electron chi connectivity index (χ2n) is 5.23. The van der Waals surface area contributed by atoms with Crippen LogP contribution in [-0.4, -0.2) is 44.1 Å². The summed E-state index contributed by atoms with van der Waals surface area (Å²) in [6.45, 7) is 5.02. The summed E-state index contributed by atoms with van der Waals surface area (Å²) in [5, 5.41) is 3.31. The lowest BCUT2D eigenvalue weighted by atomic mass is 10.1. The van der Waals surface area contributed by atoms with Crippen LogP contribution in [0, 0.1) is 12.8 Å². The third-order valence-electron chi connectivity index (χ3n) is 3.50. The average Bonchev–Trinajstić information content (AvgIpc) is 2.90. The molecular weight excluding hydrogens is 240 g/mol. The van der Waals surface area contributed by atoms with Gasteiger partial charge in [-0.3, -0.25) is 4.79 Å². The van der Waals surface area contributed by atoms with Crippen LogP contribution in [0.25, 0.3) is 0 Å². The molecule has 0 aromatic heterocycles. The van der Waals surface area contributed by atoms with E-state index in [1.165, 1.54) is 5.56 Å². The highest BCUT2D eigenvalue weighted by molar-refractivity contribution is 5.77. The Hall–Kier alpha value is -1.55. The largest absolute Gasteiger partial charge is 0.484 e. The van der Waals surface area contributed by atoms with Gasteiger partial charge in [0.25, 0.3) is 5.91 Å². The van der Waals surface area contributed by atoms with Crippen LogP contribution in [0.4, 0.5) is 0 Å². The van der Waals surface area contributed by atoms with Gasteiger partial charge in [0, 0.05) is 13.6 Å². The molecule has 0 saturated carbocycles. The molecule has 1 atom stereocenters. The standard InChI is InChI=1S/C15H22N2O2/c1-12-3-5-14(6-4-12)19-11-15(18)17(2)10-13-7-8-16-9-13/h3-6,13,16H,7-11H2,1-2H3. The van der Waals surface area contributed by atoms with Crippen molar-refractivity contribution in [3.05, 3.63) is 29.8 Å². The molecule has 1 aliphatic rings. The molecule has 1 unspecified atom stereocenters. The van der Waals surface area contributed by atoms with E-state index in [9.17, 15) is 4.79 Å². The van der Waals surface area contributed by atoms with Crippen LogP contribution >= 0.6 is 0 Å². The number of hydrogen-bond acceptors (Lipinski definition) is 3. The van der Waals surface area contributed by atoms with Crippen molar-refractivity contribution in [2.45, 2.75) is 13.3 Å². The predicted octanol–water partition coefficient (Wildman–Crippen LogP) is 1.44. The molecule has 0 radical (unpaired) electrons. The number of rotatable bonds is 5. The van der Waals surface area contributed by atoms with Gasteiger partial charge in [-0.15, -0.1) is 0 Å². The first kappa shape index (κ1) is 13.9. The first-order chi connectivity index (χ1) is 9.15. The van der Waals surface area contributed by atoms with Gasteiger partial charge in [-0.1, -0.05) is 17.7 Å². The number of carbonyl (C=O) groups is 1. The number of carbonyl (C=O) groups excluding carboxylic acids is 1. The van der Waals surface area contributed by atoms with Gasteiger partial charge in [0.15, 0.2) is 6.61 Å². The van der Waals surface area contributed by atoms with E-state index >= 15 is 0 Å². The summed E-state index contributed by atoms with van der Waals surface area (Å²) in [6.07, 6.45) is 1.15. The van der Waals surface area contributed by atoms with Gasteiger partial charge in [-0.25, -0.2) is 0 Å². The van der Waals surface area contributed by atoms with Crippen molar-refractivity contribution in [3.63, 3.8) is 0 Å². The molecule has 4 nitrogen and oxygen atoms in total. The molecule has 1 heterocycles. The molecule has 19 heavy (non-hydrogen) atoms. The summed E-state index contributed by atoms with van der Waals surface area (Å²) in [4.78, 5) is 13.7. The van der Waals surface area contributed by atoms with Gasteiger partial charge >= 0.3 is 0 Å². The number of amides is 1. The Morgan fingerprint density at radius 1 is 1.42 bits per heavy atom. The van der Waals surface area contributed by atoms with Crippen molar-refractivity contribution in [3.8, 4) is 5.75 Å². The Morgan fingerprint density at radius 3 is 2.79 bits per heavy atom. The molecule has 1 saturated heterocycles. The molecule has 1 fully saturated rings. The third-order valence-corrected chi connectivity index (χ3v) is 3.50. The lowest BCUT2D eigenvalue weighted by Crippen LogP contribution is -2.35. The highest BCUT2D eigenvalue weighted by Crippen LogP contribution is 2.12. The monoisotopic (exact) mass is 262 g/mol. The van der Waals surface area contributed by atoms with E-state index in [4.69, 9.17) is 4.74 Å². The average molecular weight is 262 g/mol. The smallest absolute Gasteiger partial charge is 0.260 e. The summed E-state index contributed by atoms with van der Waals surface area (Å²) >= 11 is 0. The van der Waals surface area contributed by atoms with Gasteiger partial charge in [0.05, 0.1) is 0 Å². The maximum atomic E-state index is 12.0. The van der Waals surface area contributed by atoms with Crippen molar-refractivity contribution < 1.29 is 9.53 Å². The van der Waals surface area contributed by atoms with E-state index in [-0.39, 0.29) is 12.5 Å². The summed E-state index contributed by atoms with van der Waals surface area (Å²) in [5.41, 5.74) is 1.18. The molecule has 1 aliphatic heterocycles. The highest BCUT2D eigenvalue weighted by Gasteiger charge is 2.19. The Morgan fingerprint density at radius 2 is 2.16 bits per heavy atom. The van der Waals surface area contributed by atoms with E-state index < -0.39 is 0 Å². The van der Waals surface area contributed by atoms with Gasteiger partial charge in [-0.2, -0.15) is 0 Å². The molecule has 104 valence electrons. The number of benzene rings is 1. The topological polar surface area (TPSA) is 41.6 Å². The minimum absolute atomic E-state index is 0.0347. The normalized spacial score (nSPS) is 18.3. The van der Waals surface area contributed by atoms with Crippen LogP contribution in [0.2, 0.25) is 0 Å². The molecule has 2 rings (SSSR count). The Labute approximate surface area is 114 Å². The number of hydrogen-bond donors (Lipinski definition) is 1. The van der Waals surface area contributed by atoms with Gasteiger partial charge in [-0.05, 0) is 44.5 Å². The van der Waals surface area contributed by atoms with E-state index in [0.717, 1.165) is 31.8 Å². The number of nitrogens with one attached hydrogen (secondary N) is 1. The third kappa shape index (κ3) is 4.24. The first-order valence-electron chi connectivity index (χ1n) is 6.79. The Balaban J connectivity index is 1.75. The number of aryl methyl sites for hydroxylation is 1. The van der Waals surface area contributed by atoms with Gasteiger partial charge in [0.2, 0.25) is 0 Å². The summed E-state index contributed by atoms with van der Waals surface area (Å²) in [6, 6.07) is 7.74. The van der Waals surface area contributed by atoms with E-state index in [2.05, 4.69) is 5.32 Å². The number of nitrogens with zero attached hydrogens (tertiary/aromatic N) is 1. The second-order valence-corrected chi connectivity index (χ2v) is 5.23. The van der Waals surface area contributed by atoms with Crippen LogP contribution < -0.4 is 10.1 Å². The maximum absolute atomic E-state index is 12.0. The number of likely N-dealkylation sites (N-methyl/N-ethyl adjacent to an activating group) is 1. The molecule has 1 N–H and O–H groups in total. The molecule has 1 aromatic carbocycles. The minimum Gasteiger partial charge on any atom is -0.484 e. The molecule has 1 aromatic rings. The molecule has 0 aliphatic carbocycles. The summed E-state index contributed by atoms with van der Waals surface area (Å²) in [5.74, 6) is 1.36. The van der Waals surface area contributed by atoms with Gasteiger partial charge < -0.3 is 15.0 Å². The molecule has 1 amide bonds. The first-order valence-corrected chi connectivity index (χ1v) is 6.79. The lowest BCUT2D eigenvalue weighted by molar-refractivity contribution is -0.132. The van der Waals surface area contributed by atoms with Crippen molar-refractivity contribution >= 4 is 5.91 Å². The minimum atomic E-state index is 0.0347. The SMILES string of the molecule is Cc1ccc(OCC(=O)N(C)CC2CCNC2)cc1. The molecular formula is C15H22N2O2. The zero-order valence-corrected chi connectivity index (χ0v) is 11.7. The number of ether oxygens (including phenoxy) is 1. The van der Waals surface area contributed by atoms with E-state index in [1.54, 1.807) is 4.90 Å². The maximum Gasteiger partial charge on any atom is 0.260 e. The quantitative estimate of drug-likeness (QED) is 0.873. The van der Waals surface area contributed by atoms with E-state index in [1.807, 2.05) is 38.2 Å². The highest BCUT2D eigenvalue weighted by atomic mass is 16.5.